The minimum Gasteiger partial charge on any atom is -0.490 e. The molecule has 4 nitrogen and oxygen atoms in total. The van der Waals surface area contributed by atoms with Gasteiger partial charge in [-0.05, 0) is 52.0 Å². The van der Waals surface area contributed by atoms with Gasteiger partial charge in [-0.2, -0.15) is 0 Å². The highest BCUT2D eigenvalue weighted by molar-refractivity contribution is 9.10. The normalized spacial score (nSPS) is 22.0. The first-order valence-corrected chi connectivity index (χ1v) is 8.57. The molecular formula is C18H24BrNO3. The van der Waals surface area contributed by atoms with Crippen molar-refractivity contribution in [1.82, 2.24) is 4.90 Å². The lowest BCUT2D eigenvalue weighted by atomic mass is 9.98. The highest BCUT2D eigenvalue weighted by atomic mass is 79.9. The first kappa shape index (κ1) is 17.9. The lowest BCUT2D eigenvalue weighted by molar-refractivity contribution is 0.0122. The predicted octanol–water partition coefficient (Wildman–Crippen LogP) is 5.13. The molecule has 1 aliphatic rings. The van der Waals surface area contributed by atoms with E-state index in [0.29, 0.717) is 6.42 Å². The van der Waals surface area contributed by atoms with Crippen LogP contribution in [-0.4, -0.2) is 28.7 Å². The summed E-state index contributed by atoms with van der Waals surface area (Å²) in [6.07, 6.45) is 1.03. The molecule has 23 heavy (non-hydrogen) atoms. The van der Waals surface area contributed by atoms with Crippen LogP contribution in [-0.2, 0) is 4.74 Å². The second-order valence-corrected chi connectivity index (χ2v) is 7.81. The summed E-state index contributed by atoms with van der Waals surface area (Å²) >= 11 is 3.41. The molecule has 1 aliphatic heterocycles. The fraction of sp³-hybridized carbons (Fsp3) is 0.500. The van der Waals surface area contributed by atoms with Gasteiger partial charge in [0.05, 0.1) is 0 Å². The summed E-state index contributed by atoms with van der Waals surface area (Å²) < 4.78 is 12.5. The molecule has 0 N–H and O–H groups in total. The maximum absolute atomic E-state index is 12.3. The number of halogens is 1. The van der Waals surface area contributed by atoms with E-state index in [1.807, 2.05) is 52.0 Å². The summed E-state index contributed by atoms with van der Waals surface area (Å²) in [6.45, 7) is 11.6. The topological polar surface area (TPSA) is 38.8 Å². The van der Waals surface area contributed by atoms with E-state index in [4.69, 9.17) is 9.47 Å². The van der Waals surface area contributed by atoms with E-state index in [9.17, 15) is 4.79 Å². The van der Waals surface area contributed by atoms with Crippen LogP contribution in [0.5, 0.6) is 5.75 Å². The molecule has 0 aromatic heterocycles. The van der Waals surface area contributed by atoms with Gasteiger partial charge in [0.25, 0.3) is 0 Å². The second kappa shape index (κ2) is 6.95. The highest BCUT2D eigenvalue weighted by Gasteiger charge is 2.35. The van der Waals surface area contributed by atoms with Gasteiger partial charge in [0.15, 0.2) is 0 Å². The van der Waals surface area contributed by atoms with Gasteiger partial charge in [0.2, 0.25) is 0 Å². The van der Waals surface area contributed by atoms with E-state index in [2.05, 4.69) is 22.5 Å². The maximum atomic E-state index is 12.3. The van der Waals surface area contributed by atoms with Crippen molar-refractivity contribution in [3.8, 4) is 5.75 Å². The first-order valence-electron chi connectivity index (χ1n) is 7.78. The Morgan fingerprint density at radius 2 is 1.91 bits per heavy atom. The molecule has 5 heteroatoms. The van der Waals surface area contributed by atoms with Gasteiger partial charge in [-0.3, -0.25) is 4.90 Å². The molecular weight excluding hydrogens is 358 g/mol. The number of rotatable bonds is 2. The highest BCUT2D eigenvalue weighted by Crippen LogP contribution is 2.30. The van der Waals surface area contributed by atoms with Crippen LogP contribution in [0.2, 0.25) is 0 Å². The Morgan fingerprint density at radius 1 is 1.30 bits per heavy atom. The zero-order valence-electron chi connectivity index (χ0n) is 14.1. The number of amides is 1. The number of hydrogen-bond acceptors (Lipinski definition) is 3. The summed E-state index contributed by atoms with van der Waals surface area (Å²) in [5.41, 5.74) is 0.224. The van der Waals surface area contributed by atoms with Crippen LogP contribution in [0.3, 0.4) is 0 Å². The lowest BCUT2D eigenvalue weighted by Gasteiger charge is -2.39. The summed E-state index contributed by atoms with van der Waals surface area (Å²) in [5.74, 6) is 0.823. The van der Waals surface area contributed by atoms with Crippen molar-refractivity contribution in [3.63, 3.8) is 0 Å². The van der Waals surface area contributed by atoms with E-state index in [-0.39, 0.29) is 18.2 Å². The zero-order valence-corrected chi connectivity index (χ0v) is 15.7. The number of ether oxygens (including phenoxy) is 2. The van der Waals surface area contributed by atoms with Crippen LogP contribution >= 0.6 is 15.9 Å². The Bertz CT molecular complexity index is 577. The quantitative estimate of drug-likeness (QED) is 0.712. The molecule has 1 amide bonds. The lowest BCUT2D eigenvalue weighted by Crippen LogP contribution is -2.47. The molecule has 1 fully saturated rings. The fourth-order valence-electron chi connectivity index (χ4n) is 2.66. The molecule has 0 radical (unpaired) electrons. The van der Waals surface area contributed by atoms with Gasteiger partial charge < -0.3 is 9.47 Å². The van der Waals surface area contributed by atoms with Crippen molar-refractivity contribution in [2.24, 2.45) is 0 Å². The summed E-state index contributed by atoms with van der Waals surface area (Å²) in [6, 6.07) is 7.74. The Balaban J connectivity index is 2.00. The van der Waals surface area contributed by atoms with Crippen molar-refractivity contribution in [2.75, 3.05) is 0 Å². The number of likely N-dealkylation sites (tertiary alicyclic amines) is 1. The van der Waals surface area contributed by atoms with Gasteiger partial charge in [-0.1, -0.05) is 22.5 Å². The Morgan fingerprint density at radius 3 is 2.43 bits per heavy atom. The van der Waals surface area contributed by atoms with Crippen LogP contribution in [0.25, 0.3) is 0 Å². The van der Waals surface area contributed by atoms with Crippen LogP contribution in [0.4, 0.5) is 4.79 Å². The van der Waals surface area contributed by atoms with Gasteiger partial charge >= 0.3 is 6.09 Å². The van der Waals surface area contributed by atoms with Crippen molar-refractivity contribution >= 4 is 22.0 Å². The average Bonchev–Trinajstić information content (AvgIpc) is 2.38. The predicted molar refractivity (Wildman–Crippen MR) is 94.5 cm³/mol. The first-order chi connectivity index (χ1) is 10.7. The molecule has 0 aliphatic carbocycles. The number of piperidine rings is 1. The van der Waals surface area contributed by atoms with Gasteiger partial charge in [0.1, 0.15) is 17.5 Å². The van der Waals surface area contributed by atoms with Gasteiger partial charge in [-0.25, -0.2) is 4.79 Å². The van der Waals surface area contributed by atoms with Crippen molar-refractivity contribution in [1.29, 1.82) is 0 Å². The number of nitrogens with zero attached hydrogens (tertiary/aromatic N) is 1. The average molecular weight is 382 g/mol. The van der Waals surface area contributed by atoms with E-state index >= 15 is 0 Å². The summed E-state index contributed by atoms with van der Waals surface area (Å²) in [4.78, 5) is 14.0. The fourth-order valence-corrected chi connectivity index (χ4v) is 2.92. The van der Waals surface area contributed by atoms with Crippen LogP contribution in [0, 0.1) is 0 Å². The Labute approximate surface area is 146 Å². The van der Waals surface area contributed by atoms with E-state index in [1.165, 1.54) is 0 Å². The molecule has 0 saturated carbocycles. The molecule has 2 rings (SSSR count). The van der Waals surface area contributed by atoms with Crippen molar-refractivity contribution < 1.29 is 14.3 Å². The van der Waals surface area contributed by atoms with E-state index < -0.39 is 5.60 Å². The molecule has 1 unspecified atom stereocenters. The molecule has 1 saturated heterocycles. The standard InChI is InChI=1S/C18H24BrNO3/c1-12-10-16(22-15-8-6-14(19)7-9-15)11-13(2)20(12)17(21)23-18(3,4)5/h6-9,13,16H,1,10-11H2,2-5H3/t13-,16?/m0/s1. The molecule has 0 bridgehead atoms. The van der Waals surface area contributed by atoms with Crippen LogP contribution in [0.15, 0.2) is 41.0 Å². The third kappa shape index (κ3) is 4.99. The Hall–Kier alpha value is -1.49. The molecule has 1 aromatic rings. The third-order valence-corrected chi connectivity index (χ3v) is 4.08. The second-order valence-electron chi connectivity index (χ2n) is 6.90. The smallest absolute Gasteiger partial charge is 0.414 e. The minimum absolute atomic E-state index is 0.00783. The van der Waals surface area contributed by atoms with Crippen molar-refractivity contribution in [2.45, 2.75) is 58.3 Å². The summed E-state index contributed by atoms with van der Waals surface area (Å²) in [7, 11) is 0. The summed E-state index contributed by atoms with van der Waals surface area (Å²) in [5, 5.41) is 0. The molecule has 126 valence electrons. The molecule has 0 spiro atoms. The zero-order chi connectivity index (χ0) is 17.2. The van der Waals surface area contributed by atoms with Crippen molar-refractivity contribution in [3.05, 3.63) is 41.0 Å². The number of carbonyl (C=O) groups is 1. The maximum Gasteiger partial charge on any atom is 0.414 e. The monoisotopic (exact) mass is 381 g/mol. The number of carbonyl (C=O) groups excluding carboxylic acids is 1. The third-order valence-electron chi connectivity index (χ3n) is 3.56. The van der Waals surface area contributed by atoms with E-state index in [0.717, 1.165) is 22.3 Å². The largest absolute Gasteiger partial charge is 0.490 e. The number of benzene rings is 1. The van der Waals surface area contributed by atoms with Crippen LogP contribution < -0.4 is 4.74 Å². The molecule has 2 atom stereocenters. The Kier molecular flexibility index (Phi) is 5.40. The van der Waals surface area contributed by atoms with E-state index in [1.54, 1.807) is 4.90 Å². The SMILES string of the molecule is C=C1CC(Oc2ccc(Br)cc2)C[C@H](C)N1C(=O)OC(C)(C)C. The van der Waals surface area contributed by atoms with Crippen LogP contribution in [0.1, 0.15) is 40.5 Å². The number of hydrogen-bond donors (Lipinski definition) is 0. The minimum atomic E-state index is -0.512. The molecule has 1 heterocycles. The molecule has 1 aromatic carbocycles. The van der Waals surface area contributed by atoms with Gasteiger partial charge in [-0.15, -0.1) is 0 Å². The van der Waals surface area contributed by atoms with Gasteiger partial charge in [0, 0.05) is 29.1 Å².